The molecular weight excluding hydrogens is 500 g/mol. The lowest BCUT2D eigenvalue weighted by molar-refractivity contribution is 0.0526. The number of aromatic nitrogens is 6. The summed E-state index contributed by atoms with van der Waals surface area (Å²) in [6.45, 7) is 3.84. The van der Waals surface area contributed by atoms with E-state index < -0.39 is 5.97 Å². The molecule has 0 saturated carbocycles. The van der Waals surface area contributed by atoms with Gasteiger partial charge in [-0.05, 0) is 30.2 Å². The third kappa shape index (κ3) is 6.21. The van der Waals surface area contributed by atoms with E-state index in [0.717, 1.165) is 16.9 Å². The second-order valence-electron chi connectivity index (χ2n) is 8.53. The van der Waals surface area contributed by atoms with Crippen LogP contribution in [-0.4, -0.2) is 62.2 Å². The number of hydrogen-bond acceptors (Lipinski definition) is 9. The molecule has 5 rings (SSSR count). The van der Waals surface area contributed by atoms with Crippen molar-refractivity contribution in [3.63, 3.8) is 0 Å². The molecule has 0 fully saturated rings. The first-order valence-corrected chi connectivity index (χ1v) is 12.5. The molecule has 11 nitrogen and oxygen atoms in total. The monoisotopic (exact) mass is 528 g/mol. The van der Waals surface area contributed by atoms with Crippen molar-refractivity contribution in [2.45, 2.75) is 20.1 Å². The Bertz CT molecular complexity index is 1530. The van der Waals surface area contributed by atoms with E-state index in [4.69, 9.17) is 23.9 Å². The first kappa shape index (κ1) is 25.9. The summed E-state index contributed by atoms with van der Waals surface area (Å²) in [5, 5.41) is 4.28. The van der Waals surface area contributed by atoms with Crippen LogP contribution >= 0.6 is 0 Å². The average Bonchev–Trinajstić information content (AvgIpc) is 3.62. The highest BCUT2D eigenvalue weighted by atomic mass is 16.5. The van der Waals surface area contributed by atoms with Gasteiger partial charge in [0, 0.05) is 13.3 Å². The Hall–Kier alpha value is -4.77. The van der Waals surface area contributed by atoms with E-state index in [-0.39, 0.29) is 12.6 Å². The zero-order valence-corrected chi connectivity index (χ0v) is 21.7. The van der Waals surface area contributed by atoms with Crippen LogP contribution in [0.5, 0.6) is 11.6 Å². The van der Waals surface area contributed by atoms with Gasteiger partial charge in [-0.25, -0.2) is 14.5 Å². The number of nitrogens with zero attached hydrogens (tertiary/aromatic N) is 6. The van der Waals surface area contributed by atoms with Crippen LogP contribution in [0, 0.1) is 0 Å². The summed E-state index contributed by atoms with van der Waals surface area (Å²) < 4.78 is 25.2. The molecule has 0 radical (unpaired) electrons. The molecule has 39 heavy (non-hydrogen) atoms. The molecule has 2 aromatic carbocycles. The van der Waals surface area contributed by atoms with Crippen molar-refractivity contribution >= 4 is 17.1 Å². The molecule has 0 unspecified atom stereocenters. The molecule has 3 heterocycles. The summed E-state index contributed by atoms with van der Waals surface area (Å²) in [5.74, 6) is 0.853. The van der Waals surface area contributed by atoms with Crippen LogP contribution in [-0.2, 0) is 22.6 Å². The normalized spacial score (nSPS) is 11.0. The van der Waals surface area contributed by atoms with Crippen molar-refractivity contribution in [1.29, 1.82) is 0 Å². The van der Waals surface area contributed by atoms with Crippen LogP contribution in [0.2, 0.25) is 0 Å². The van der Waals surface area contributed by atoms with Crippen molar-refractivity contribution < 1.29 is 23.7 Å². The predicted molar refractivity (Wildman–Crippen MR) is 142 cm³/mol. The van der Waals surface area contributed by atoms with E-state index in [9.17, 15) is 4.79 Å². The smallest absolute Gasteiger partial charge is 0.341 e. The Morgan fingerprint density at radius 3 is 2.54 bits per heavy atom. The van der Waals surface area contributed by atoms with E-state index in [1.54, 1.807) is 20.4 Å². The molecular formula is C28H28N6O5. The molecule has 0 saturated heterocycles. The number of fused-ring (bicyclic) bond motifs is 1. The van der Waals surface area contributed by atoms with Gasteiger partial charge in [0.2, 0.25) is 5.88 Å². The van der Waals surface area contributed by atoms with E-state index in [1.165, 1.54) is 17.1 Å². The van der Waals surface area contributed by atoms with Crippen LogP contribution < -0.4 is 9.47 Å². The van der Waals surface area contributed by atoms with Gasteiger partial charge in [0.25, 0.3) is 5.95 Å². The van der Waals surface area contributed by atoms with Gasteiger partial charge in [-0.3, -0.25) is 0 Å². The van der Waals surface area contributed by atoms with Gasteiger partial charge in [-0.1, -0.05) is 42.5 Å². The topological polar surface area (TPSA) is 115 Å². The van der Waals surface area contributed by atoms with Gasteiger partial charge in [-0.15, -0.1) is 0 Å². The number of hydrogen-bond donors (Lipinski definition) is 0. The maximum Gasteiger partial charge on any atom is 0.341 e. The quantitative estimate of drug-likeness (QED) is 0.176. The van der Waals surface area contributed by atoms with Crippen LogP contribution in [0.15, 0.2) is 73.3 Å². The van der Waals surface area contributed by atoms with Crippen LogP contribution in [0.1, 0.15) is 28.4 Å². The average molecular weight is 529 g/mol. The maximum atomic E-state index is 12.2. The summed E-state index contributed by atoms with van der Waals surface area (Å²) in [6, 6.07) is 17.6. The molecule has 0 aliphatic carbocycles. The molecule has 3 aromatic heterocycles. The second kappa shape index (κ2) is 12.2. The molecule has 200 valence electrons. The third-order valence-corrected chi connectivity index (χ3v) is 5.77. The van der Waals surface area contributed by atoms with Crippen molar-refractivity contribution in [2.75, 3.05) is 26.9 Å². The first-order chi connectivity index (χ1) is 19.1. The predicted octanol–water partition coefficient (Wildman–Crippen LogP) is 3.84. The summed E-state index contributed by atoms with van der Waals surface area (Å²) in [5.41, 5.74) is 3.41. The van der Waals surface area contributed by atoms with Crippen LogP contribution in [0.25, 0.3) is 17.1 Å². The summed E-state index contributed by atoms with van der Waals surface area (Å²) in [4.78, 5) is 26.0. The second-order valence-corrected chi connectivity index (χ2v) is 8.53. The highest BCUT2D eigenvalue weighted by Crippen LogP contribution is 2.25. The molecule has 5 aromatic rings. The number of carbonyl (C=O) groups excluding carboxylic acids is 1. The van der Waals surface area contributed by atoms with Gasteiger partial charge >= 0.3 is 5.97 Å². The summed E-state index contributed by atoms with van der Waals surface area (Å²) >= 11 is 0. The SMILES string of the molecule is CCOC(=O)c1cnn(-c2nc(OCc3ccccc3)c3ncn(Cc4ccc(OCCOC)cc4)c3n2)c1. The molecule has 0 amide bonds. The van der Waals surface area contributed by atoms with Gasteiger partial charge < -0.3 is 23.5 Å². The van der Waals surface area contributed by atoms with Crippen LogP contribution in [0.4, 0.5) is 0 Å². The number of carbonyl (C=O) groups is 1. The molecule has 0 atom stereocenters. The molecule has 0 bridgehead atoms. The maximum absolute atomic E-state index is 12.2. The highest BCUT2D eigenvalue weighted by molar-refractivity contribution is 5.88. The summed E-state index contributed by atoms with van der Waals surface area (Å²) in [7, 11) is 1.64. The fraction of sp³-hybridized carbons (Fsp3) is 0.250. The van der Waals surface area contributed by atoms with Gasteiger partial charge in [-0.2, -0.15) is 15.1 Å². The van der Waals surface area contributed by atoms with Crippen molar-refractivity contribution in [2.24, 2.45) is 0 Å². The minimum absolute atomic E-state index is 0.241. The Morgan fingerprint density at radius 1 is 0.949 bits per heavy atom. The van der Waals surface area contributed by atoms with E-state index in [2.05, 4.69) is 15.1 Å². The lowest BCUT2D eigenvalue weighted by atomic mass is 10.2. The largest absolute Gasteiger partial charge is 0.491 e. The number of esters is 1. The molecule has 0 spiro atoms. The lowest BCUT2D eigenvalue weighted by Gasteiger charge is -2.10. The zero-order valence-electron chi connectivity index (χ0n) is 21.7. The first-order valence-electron chi connectivity index (χ1n) is 12.5. The number of ether oxygens (including phenoxy) is 4. The van der Waals surface area contributed by atoms with Crippen molar-refractivity contribution in [1.82, 2.24) is 29.3 Å². The Morgan fingerprint density at radius 2 is 1.77 bits per heavy atom. The number of imidazole rings is 1. The van der Waals surface area contributed by atoms with Crippen molar-refractivity contribution in [3.05, 3.63) is 90.0 Å². The number of rotatable bonds is 12. The zero-order chi connectivity index (χ0) is 27.0. The lowest BCUT2D eigenvalue weighted by Crippen LogP contribution is -2.08. The minimum atomic E-state index is -0.468. The molecule has 0 N–H and O–H groups in total. The fourth-order valence-corrected chi connectivity index (χ4v) is 3.83. The van der Waals surface area contributed by atoms with Crippen LogP contribution in [0.3, 0.4) is 0 Å². The van der Waals surface area contributed by atoms with Gasteiger partial charge in [0.05, 0.1) is 37.8 Å². The molecule has 11 heteroatoms. The van der Waals surface area contributed by atoms with E-state index in [1.807, 2.05) is 59.2 Å². The van der Waals surface area contributed by atoms with Gasteiger partial charge in [0.15, 0.2) is 11.2 Å². The molecule has 0 aliphatic rings. The standard InChI is InChI=1S/C28H28N6O5/c1-3-37-27(35)22-15-30-34(17-22)28-31-25-24(26(32-28)39-18-21-7-5-4-6-8-21)29-19-33(25)16-20-9-11-23(12-10-20)38-14-13-36-2/h4-12,15,17,19H,3,13-14,16,18H2,1-2H3. The third-order valence-electron chi connectivity index (χ3n) is 5.77. The Labute approximate surface area is 225 Å². The van der Waals surface area contributed by atoms with Crippen molar-refractivity contribution in [3.8, 4) is 17.6 Å². The minimum Gasteiger partial charge on any atom is -0.491 e. The molecule has 0 aliphatic heterocycles. The van der Waals surface area contributed by atoms with Gasteiger partial charge in [0.1, 0.15) is 19.0 Å². The van der Waals surface area contributed by atoms with E-state index >= 15 is 0 Å². The highest BCUT2D eigenvalue weighted by Gasteiger charge is 2.18. The summed E-state index contributed by atoms with van der Waals surface area (Å²) in [6.07, 6.45) is 4.65. The number of methoxy groups -OCH3 is 1. The number of benzene rings is 2. The Balaban J connectivity index is 1.46. The Kier molecular flexibility index (Phi) is 8.08. The fourth-order valence-electron chi connectivity index (χ4n) is 3.83. The van der Waals surface area contributed by atoms with E-state index in [0.29, 0.717) is 49.0 Å².